The molecule has 0 bridgehead atoms. The van der Waals surface area contributed by atoms with Crippen molar-refractivity contribution in [2.24, 2.45) is 0 Å². The van der Waals surface area contributed by atoms with Crippen LogP contribution in [0.2, 0.25) is 0 Å². The number of carbonyl (C=O) groups is 1. The van der Waals surface area contributed by atoms with Crippen LogP contribution in [-0.2, 0) is 0 Å². The maximum Gasteiger partial charge on any atom is 0.201 e. The first-order valence-electron chi connectivity index (χ1n) is 12.5. The van der Waals surface area contributed by atoms with Gasteiger partial charge in [-0.05, 0) is 43.3 Å². The van der Waals surface area contributed by atoms with Crippen molar-refractivity contribution < 1.29 is 27.1 Å². The number of nitrogens with two attached hydrogens (primary N) is 1. The van der Waals surface area contributed by atoms with Crippen LogP contribution in [0.5, 0.6) is 5.75 Å². The Morgan fingerprint density at radius 1 is 1.00 bits per heavy atom. The van der Waals surface area contributed by atoms with Crippen LogP contribution < -0.4 is 26.0 Å². The number of methoxy groups -OCH3 is 1. The van der Waals surface area contributed by atoms with Crippen LogP contribution in [0.3, 0.4) is 0 Å². The molecule has 9 nitrogen and oxygen atoms in total. The van der Waals surface area contributed by atoms with Crippen LogP contribution in [0.15, 0.2) is 60.9 Å². The fraction of sp³-hybridized carbons (Fsp3) is 0.172. The number of rotatable bonds is 11. The largest absolute Gasteiger partial charge is 0.494 e. The second kappa shape index (κ2) is 12.5. The highest BCUT2D eigenvalue weighted by Gasteiger charge is 2.29. The number of anilines is 4. The highest BCUT2D eigenvalue weighted by molar-refractivity contribution is 6.16. The van der Waals surface area contributed by atoms with Gasteiger partial charge in [-0.25, -0.2) is 23.1 Å². The third kappa shape index (κ3) is 5.80. The van der Waals surface area contributed by atoms with E-state index in [1.54, 1.807) is 49.2 Å². The highest BCUT2D eigenvalue weighted by Crippen LogP contribution is 2.30. The molecular formula is C29H27F4N7O2. The number of ether oxygens (including phenoxy) is 1. The van der Waals surface area contributed by atoms with Crippen LogP contribution >= 0.6 is 0 Å². The van der Waals surface area contributed by atoms with Crippen molar-refractivity contribution in [2.45, 2.75) is 19.1 Å². The zero-order valence-corrected chi connectivity index (χ0v) is 22.8. The van der Waals surface area contributed by atoms with Crippen molar-refractivity contribution in [1.82, 2.24) is 9.97 Å². The fourth-order valence-corrected chi connectivity index (χ4v) is 4.43. The molecule has 0 aliphatic heterocycles. The van der Waals surface area contributed by atoms with Gasteiger partial charge >= 0.3 is 0 Å². The molecule has 4 rings (SSSR count). The Labute approximate surface area is 238 Å². The van der Waals surface area contributed by atoms with Crippen LogP contribution in [0, 0.1) is 28.7 Å². The number of likely N-dealkylation sites (N-methyl/N-ethyl adjacent to an activating group) is 1. The van der Waals surface area contributed by atoms with Gasteiger partial charge in [0.1, 0.15) is 35.8 Å². The zero-order valence-electron chi connectivity index (χ0n) is 22.8. The maximum atomic E-state index is 14.9. The summed E-state index contributed by atoms with van der Waals surface area (Å²) in [6, 6.07) is 12.3. The molecule has 42 heavy (non-hydrogen) atoms. The Balaban J connectivity index is 1.76. The molecule has 218 valence electrons. The third-order valence-electron chi connectivity index (χ3n) is 6.63. The number of benzene rings is 3. The SMILES string of the molecule is COc1ccc(C(=N)c2c(N)ncnc2NC(C)C(Nc2c(F)ccc(F)c2C=O)N(C)c2ccccc2)c(F)c1F. The van der Waals surface area contributed by atoms with Gasteiger partial charge in [-0.1, -0.05) is 18.2 Å². The standard InChI is InChI=1S/C29H27F4N7O2/c1-15(29(40(2)16-7-5-4-6-8-16)39-26-18(13-41)19(30)10-11-20(26)31)38-28-22(27(35)36-14-37-28)25(34)17-9-12-21(42-3)24(33)23(17)32/h4-15,29,34,39H,1-3H3,(H3,35,36,37,38). The molecule has 0 saturated carbocycles. The van der Waals surface area contributed by atoms with E-state index in [4.69, 9.17) is 15.9 Å². The molecule has 0 aliphatic carbocycles. The summed E-state index contributed by atoms with van der Waals surface area (Å²) in [5.74, 6) is -4.93. The topological polar surface area (TPSA) is 129 Å². The first-order valence-corrected chi connectivity index (χ1v) is 12.5. The lowest BCUT2D eigenvalue weighted by Crippen LogP contribution is -2.49. The molecule has 0 fully saturated rings. The molecule has 0 aliphatic rings. The van der Waals surface area contributed by atoms with E-state index in [1.807, 2.05) is 0 Å². The smallest absolute Gasteiger partial charge is 0.201 e. The normalized spacial score (nSPS) is 12.3. The minimum atomic E-state index is -1.33. The molecule has 1 aromatic heterocycles. The van der Waals surface area contributed by atoms with Crippen molar-refractivity contribution in [3.8, 4) is 5.75 Å². The van der Waals surface area contributed by atoms with Gasteiger partial charge < -0.3 is 26.0 Å². The van der Waals surface area contributed by atoms with Gasteiger partial charge in [-0.3, -0.25) is 10.2 Å². The van der Waals surface area contributed by atoms with Crippen LogP contribution in [0.4, 0.5) is 40.6 Å². The van der Waals surface area contributed by atoms with Crippen molar-refractivity contribution in [1.29, 1.82) is 5.41 Å². The quantitative estimate of drug-likeness (QED) is 0.0821. The Bertz CT molecular complexity index is 1620. The first kappa shape index (κ1) is 29.8. The molecule has 3 aromatic carbocycles. The number of nitrogens with one attached hydrogen (secondary N) is 3. The predicted molar refractivity (Wildman–Crippen MR) is 152 cm³/mol. The summed E-state index contributed by atoms with van der Waals surface area (Å²) in [4.78, 5) is 21.5. The molecule has 0 amide bonds. The second-order valence-corrected chi connectivity index (χ2v) is 9.21. The average molecular weight is 582 g/mol. The molecule has 5 N–H and O–H groups in total. The second-order valence-electron chi connectivity index (χ2n) is 9.21. The van der Waals surface area contributed by atoms with Gasteiger partial charge in [0.05, 0.1) is 35.7 Å². The molecule has 1 heterocycles. The van der Waals surface area contributed by atoms with Gasteiger partial charge in [-0.2, -0.15) is 4.39 Å². The number of nitrogen functional groups attached to an aromatic ring is 1. The van der Waals surface area contributed by atoms with Crippen LogP contribution in [-0.4, -0.2) is 48.3 Å². The van der Waals surface area contributed by atoms with E-state index in [1.165, 1.54) is 19.2 Å². The lowest BCUT2D eigenvalue weighted by atomic mass is 10.0. The summed E-state index contributed by atoms with van der Waals surface area (Å²) in [6.45, 7) is 1.67. The van der Waals surface area contributed by atoms with Crippen molar-refractivity contribution in [3.05, 3.63) is 101 Å². The first-order chi connectivity index (χ1) is 20.1. The van der Waals surface area contributed by atoms with E-state index < -0.39 is 52.3 Å². The summed E-state index contributed by atoms with van der Waals surface area (Å²) < 4.78 is 63.5. The van der Waals surface area contributed by atoms with Crippen molar-refractivity contribution in [3.63, 3.8) is 0 Å². The number of aldehydes is 1. The van der Waals surface area contributed by atoms with Crippen molar-refractivity contribution >= 4 is 35.0 Å². The monoisotopic (exact) mass is 581 g/mol. The number of halogens is 4. The molecule has 0 spiro atoms. The summed E-state index contributed by atoms with van der Waals surface area (Å²) in [5.41, 5.74) is 4.84. The number of aromatic nitrogens is 2. The number of hydrogen-bond acceptors (Lipinski definition) is 9. The lowest BCUT2D eigenvalue weighted by molar-refractivity contribution is 0.112. The van der Waals surface area contributed by atoms with Gasteiger partial charge in [0.25, 0.3) is 0 Å². The average Bonchev–Trinajstić information content (AvgIpc) is 2.98. The number of hydrogen-bond donors (Lipinski definition) is 4. The van der Waals surface area contributed by atoms with E-state index in [0.29, 0.717) is 5.69 Å². The Morgan fingerprint density at radius 2 is 1.69 bits per heavy atom. The van der Waals surface area contributed by atoms with E-state index in [0.717, 1.165) is 18.5 Å². The Morgan fingerprint density at radius 3 is 2.36 bits per heavy atom. The van der Waals surface area contributed by atoms with Gasteiger partial charge in [-0.15, -0.1) is 0 Å². The molecule has 2 atom stereocenters. The lowest BCUT2D eigenvalue weighted by Gasteiger charge is -2.37. The minimum Gasteiger partial charge on any atom is -0.494 e. The molecule has 13 heteroatoms. The number of nitrogens with zero attached hydrogens (tertiary/aromatic N) is 3. The Kier molecular flexibility index (Phi) is 8.89. The molecule has 0 radical (unpaired) electrons. The third-order valence-corrected chi connectivity index (χ3v) is 6.63. The number of carbonyl (C=O) groups excluding carboxylic acids is 1. The molecular weight excluding hydrogens is 554 g/mol. The summed E-state index contributed by atoms with van der Waals surface area (Å²) >= 11 is 0. The summed E-state index contributed by atoms with van der Waals surface area (Å²) in [7, 11) is 2.87. The highest BCUT2D eigenvalue weighted by atomic mass is 19.2. The zero-order chi connectivity index (χ0) is 30.6. The Hall–Kier alpha value is -5.20. The predicted octanol–water partition coefficient (Wildman–Crippen LogP) is 5.23. The maximum absolute atomic E-state index is 14.9. The van der Waals surface area contributed by atoms with Crippen LogP contribution in [0.25, 0.3) is 0 Å². The van der Waals surface area contributed by atoms with Gasteiger partial charge in [0.15, 0.2) is 17.9 Å². The fourth-order valence-electron chi connectivity index (χ4n) is 4.43. The van der Waals surface area contributed by atoms with E-state index in [-0.39, 0.29) is 34.9 Å². The molecule has 0 saturated heterocycles. The minimum absolute atomic E-state index is 0.0146. The molecule has 2 unspecified atom stereocenters. The van der Waals surface area contributed by atoms with Crippen molar-refractivity contribution in [2.75, 3.05) is 35.4 Å². The van der Waals surface area contributed by atoms with E-state index >= 15 is 0 Å². The van der Waals surface area contributed by atoms with Crippen LogP contribution in [0.1, 0.15) is 28.4 Å². The van der Waals surface area contributed by atoms with E-state index in [2.05, 4.69) is 20.6 Å². The van der Waals surface area contributed by atoms with Gasteiger partial charge in [0.2, 0.25) is 5.82 Å². The number of para-hydroxylation sites is 1. The molecule has 4 aromatic rings. The van der Waals surface area contributed by atoms with E-state index in [9.17, 15) is 22.4 Å². The summed E-state index contributed by atoms with van der Waals surface area (Å²) in [5, 5.41) is 14.7. The van der Waals surface area contributed by atoms with Gasteiger partial charge in [0, 0.05) is 18.3 Å². The summed E-state index contributed by atoms with van der Waals surface area (Å²) in [6.07, 6.45) is 0.452.